The van der Waals surface area contributed by atoms with Gasteiger partial charge < -0.3 is 10.1 Å². The molecule has 0 unspecified atom stereocenters. The van der Waals surface area contributed by atoms with E-state index < -0.39 is 40.2 Å². The minimum atomic E-state index is -3.60. The summed E-state index contributed by atoms with van der Waals surface area (Å²) in [5, 5.41) is 2.34. The Morgan fingerprint density at radius 1 is 1.13 bits per heavy atom. The molecule has 2 aromatic carbocycles. The largest absolute Gasteiger partial charge is 0.455 e. The molecular weight excluding hydrogens is 479 g/mol. The van der Waals surface area contributed by atoms with Crippen LogP contribution < -0.4 is 5.32 Å². The topological polar surface area (TPSA) is 92.8 Å². The van der Waals surface area contributed by atoms with E-state index in [0.717, 1.165) is 0 Å². The third-order valence-corrected chi connectivity index (χ3v) is 7.13. The van der Waals surface area contributed by atoms with Crippen molar-refractivity contribution in [1.29, 1.82) is 0 Å². The van der Waals surface area contributed by atoms with E-state index in [2.05, 4.69) is 21.2 Å². The molecule has 0 saturated carbocycles. The minimum Gasteiger partial charge on any atom is -0.455 e. The van der Waals surface area contributed by atoms with Crippen LogP contribution in [0.1, 0.15) is 12.8 Å². The van der Waals surface area contributed by atoms with Gasteiger partial charge in [-0.3, -0.25) is 9.59 Å². The van der Waals surface area contributed by atoms with Gasteiger partial charge in [0, 0.05) is 17.6 Å². The van der Waals surface area contributed by atoms with Crippen molar-refractivity contribution in [2.24, 2.45) is 5.92 Å². The van der Waals surface area contributed by atoms with Crippen LogP contribution >= 0.6 is 15.9 Å². The van der Waals surface area contributed by atoms with Crippen molar-refractivity contribution in [2.45, 2.75) is 17.7 Å². The first-order valence-electron chi connectivity index (χ1n) is 9.24. The van der Waals surface area contributed by atoms with Crippen LogP contribution in [0.4, 0.5) is 10.1 Å². The molecule has 1 fully saturated rings. The van der Waals surface area contributed by atoms with E-state index in [0.29, 0.717) is 17.3 Å². The minimum absolute atomic E-state index is 0.0151. The van der Waals surface area contributed by atoms with Crippen LogP contribution in [0.5, 0.6) is 0 Å². The van der Waals surface area contributed by atoms with Crippen LogP contribution in [0.15, 0.2) is 57.9 Å². The van der Waals surface area contributed by atoms with E-state index >= 15 is 0 Å². The Labute approximate surface area is 182 Å². The van der Waals surface area contributed by atoms with Crippen LogP contribution in [0, 0.1) is 11.7 Å². The quantitative estimate of drug-likeness (QED) is 0.617. The van der Waals surface area contributed by atoms with Crippen molar-refractivity contribution < 1.29 is 27.1 Å². The third kappa shape index (κ3) is 5.44. The molecule has 2 aromatic rings. The number of nitrogens with zero attached hydrogens (tertiary/aromatic N) is 1. The number of nitrogens with one attached hydrogen (secondary N) is 1. The van der Waals surface area contributed by atoms with E-state index in [4.69, 9.17) is 4.74 Å². The van der Waals surface area contributed by atoms with Crippen LogP contribution in [0.25, 0.3) is 0 Å². The number of benzene rings is 2. The van der Waals surface area contributed by atoms with E-state index in [1.807, 2.05) is 0 Å². The number of carbonyl (C=O) groups excluding carboxylic acids is 2. The molecule has 3 rings (SSSR count). The van der Waals surface area contributed by atoms with Crippen molar-refractivity contribution in [3.05, 3.63) is 58.8 Å². The molecule has 0 aliphatic carbocycles. The molecule has 10 heteroatoms. The number of hydrogen-bond donors (Lipinski definition) is 1. The first kappa shape index (κ1) is 22.4. The molecular formula is C20H20BrFN2O5S. The Bertz CT molecular complexity index is 1020. The van der Waals surface area contributed by atoms with Crippen LogP contribution in [-0.4, -0.2) is 44.3 Å². The second-order valence-corrected chi connectivity index (χ2v) is 9.63. The fraction of sp³-hybridized carbons (Fsp3) is 0.300. The molecule has 0 bridgehead atoms. The van der Waals surface area contributed by atoms with Crippen LogP contribution in [0.2, 0.25) is 0 Å². The molecule has 1 aliphatic rings. The van der Waals surface area contributed by atoms with Crippen molar-refractivity contribution in [3.8, 4) is 0 Å². The summed E-state index contributed by atoms with van der Waals surface area (Å²) in [6, 6.07) is 12.3. The number of halogens is 2. The zero-order chi connectivity index (χ0) is 21.7. The molecule has 1 saturated heterocycles. The SMILES string of the molecule is O=C(COC(=O)C1CCN(S(=O)(=O)c2ccccc2)CC1)Nc1ccc(Br)cc1F. The average Bonchev–Trinajstić information content (AvgIpc) is 2.75. The summed E-state index contributed by atoms with van der Waals surface area (Å²) in [6.07, 6.45) is 0.599. The summed E-state index contributed by atoms with van der Waals surface area (Å²) >= 11 is 3.12. The monoisotopic (exact) mass is 498 g/mol. The number of carbonyl (C=O) groups is 2. The number of amides is 1. The second kappa shape index (κ2) is 9.67. The Balaban J connectivity index is 1.48. The molecule has 160 valence electrons. The van der Waals surface area contributed by atoms with Gasteiger partial charge in [0.05, 0.1) is 16.5 Å². The Kier molecular flexibility index (Phi) is 7.22. The molecule has 7 nitrogen and oxygen atoms in total. The smallest absolute Gasteiger partial charge is 0.309 e. The molecule has 0 aromatic heterocycles. The molecule has 0 spiro atoms. The van der Waals surface area contributed by atoms with Gasteiger partial charge in [0.15, 0.2) is 6.61 Å². The highest BCUT2D eigenvalue weighted by Crippen LogP contribution is 2.24. The predicted molar refractivity (Wildman–Crippen MR) is 112 cm³/mol. The van der Waals surface area contributed by atoms with Gasteiger partial charge in [0.1, 0.15) is 5.82 Å². The highest BCUT2D eigenvalue weighted by atomic mass is 79.9. The molecule has 1 heterocycles. The summed E-state index contributed by atoms with van der Waals surface area (Å²) in [5.41, 5.74) is -0.0151. The second-order valence-electron chi connectivity index (χ2n) is 6.77. The third-order valence-electron chi connectivity index (χ3n) is 4.72. The fourth-order valence-electron chi connectivity index (χ4n) is 3.11. The number of esters is 1. The Morgan fingerprint density at radius 3 is 2.43 bits per heavy atom. The zero-order valence-electron chi connectivity index (χ0n) is 15.9. The lowest BCUT2D eigenvalue weighted by Crippen LogP contribution is -2.40. The van der Waals surface area contributed by atoms with Crippen molar-refractivity contribution in [1.82, 2.24) is 4.31 Å². The molecule has 1 aliphatic heterocycles. The molecule has 0 radical (unpaired) electrons. The number of hydrogen-bond acceptors (Lipinski definition) is 5. The van der Waals surface area contributed by atoms with Gasteiger partial charge in [-0.25, -0.2) is 12.8 Å². The number of ether oxygens (including phenoxy) is 1. The van der Waals surface area contributed by atoms with E-state index in [1.165, 1.54) is 28.6 Å². The number of anilines is 1. The van der Waals surface area contributed by atoms with E-state index in [1.54, 1.807) is 24.3 Å². The molecule has 30 heavy (non-hydrogen) atoms. The summed E-state index contributed by atoms with van der Waals surface area (Å²) in [5.74, 6) is -2.34. The predicted octanol–water partition coefficient (Wildman–Crippen LogP) is 3.17. The normalized spacial score (nSPS) is 15.5. The number of rotatable bonds is 6. The van der Waals surface area contributed by atoms with E-state index in [-0.39, 0.29) is 23.7 Å². The standard InChI is InChI=1S/C20H20BrFN2O5S/c21-15-6-7-18(17(22)12-15)23-19(25)13-29-20(26)14-8-10-24(11-9-14)30(27,28)16-4-2-1-3-5-16/h1-7,12,14H,8-11,13H2,(H,23,25). The summed E-state index contributed by atoms with van der Waals surface area (Å²) in [7, 11) is -3.60. The first-order chi connectivity index (χ1) is 14.3. The van der Waals surface area contributed by atoms with Crippen molar-refractivity contribution in [2.75, 3.05) is 25.0 Å². The van der Waals surface area contributed by atoms with Crippen molar-refractivity contribution in [3.63, 3.8) is 0 Å². The summed E-state index contributed by atoms with van der Waals surface area (Å²) in [6.45, 7) is -0.169. The summed E-state index contributed by atoms with van der Waals surface area (Å²) < 4.78 is 45.9. The van der Waals surface area contributed by atoms with Crippen molar-refractivity contribution >= 4 is 43.5 Å². The molecule has 1 N–H and O–H groups in total. The fourth-order valence-corrected chi connectivity index (χ4v) is 4.93. The number of sulfonamides is 1. The van der Waals surface area contributed by atoms with Gasteiger partial charge in [-0.2, -0.15) is 4.31 Å². The zero-order valence-corrected chi connectivity index (χ0v) is 18.3. The highest BCUT2D eigenvalue weighted by Gasteiger charge is 2.32. The first-order valence-corrected chi connectivity index (χ1v) is 11.5. The molecule has 0 atom stereocenters. The Hall–Kier alpha value is -2.30. The summed E-state index contributed by atoms with van der Waals surface area (Å²) in [4.78, 5) is 24.4. The van der Waals surface area contributed by atoms with Gasteiger partial charge >= 0.3 is 5.97 Å². The van der Waals surface area contributed by atoms with Gasteiger partial charge in [0.2, 0.25) is 10.0 Å². The highest BCUT2D eigenvalue weighted by molar-refractivity contribution is 9.10. The maximum atomic E-state index is 13.7. The maximum Gasteiger partial charge on any atom is 0.309 e. The van der Waals surface area contributed by atoms with Gasteiger partial charge in [0.25, 0.3) is 5.91 Å². The van der Waals surface area contributed by atoms with Gasteiger partial charge in [-0.05, 0) is 43.2 Å². The average molecular weight is 499 g/mol. The molecule has 1 amide bonds. The lowest BCUT2D eigenvalue weighted by Gasteiger charge is -2.30. The van der Waals surface area contributed by atoms with Crippen LogP contribution in [0.3, 0.4) is 0 Å². The Morgan fingerprint density at radius 2 is 1.80 bits per heavy atom. The van der Waals surface area contributed by atoms with Gasteiger partial charge in [-0.15, -0.1) is 0 Å². The van der Waals surface area contributed by atoms with Gasteiger partial charge in [-0.1, -0.05) is 34.1 Å². The van der Waals surface area contributed by atoms with E-state index in [9.17, 15) is 22.4 Å². The lowest BCUT2D eigenvalue weighted by atomic mass is 9.98. The van der Waals surface area contributed by atoms with Crippen LogP contribution in [-0.2, 0) is 24.3 Å². The lowest BCUT2D eigenvalue weighted by molar-refractivity contribution is -0.152. The number of piperidine rings is 1. The maximum absolute atomic E-state index is 13.7.